The van der Waals surface area contributed by atoms with Gasteiger partial charge in [0.15, 0.2) is 0 Å². The second-order valence-electron chi connectivity index (χ2n) is 3.56. The lowest BCUT2D eigenvalue weighted by Gasteiger charge is -2.20. The normalized spacial score (nSPS) is 10.2. The first kappa shape index (κ1) is 12.7. The first-order chi connectivity index (χ1) is 7.47. The van der Waals surface area contributed by atoms with E-state index in [2.05, 4.69) is 0 Å². The predicted octanol–water partition coefficient (Wildman–Crippen LogP) is 1.95. The maximum absolute atomic E-state index is 10.7. The molecule has 0 amide bonds. The maximum Gasteiger partial charge on any atom is 0.288 e. The number of nitro groups is 1. The zero-order valence-electron chi connectivity index (χ0n) is 9.24. The van der Waals surface area contributed by atoms with E-state index < -0.39 is 4.92 Å². The Hall–Kier alpha value is -1.33. The van der Waals surface area contributed by atoms with Gasteiger partial charge in [0.05, 0.1) is 4.92 Å². The molecule has 0 radical (unpaired) electrons. The van der Waals surface area contributed by atoms with E-state index in [9.17, 15) is 10.1 Å². The fraction of sp³-hybridized carbons (Fsp3) is 0.400. The Bertz CT molecular complexity index is 409. The van der Waals surface area contributed by atoms with E-state index in [-0.39, 0.29) is 10.7 Å². The van der Waals surface area contributed by atoms with Crippen LogP contribution in [-0.4, -0.2) is 25.1 Å². The van der Waals surface area contributed by atoms with Gasteiger partial charge in [0, 0.05) is 31.9 Å². The summed E-state index contributed by atoms with van der Waals surface area (Å²) in [6.07, 6.45) is 0. The molecule has 0 fully saturated rings. The molecule has 5 nitrogen and oxygen atoms in total. The van der Waals surface area contributed by atoms with E-state index in [0.29, 0.717) is 13.1 Å². The van der Waals surface area contributed by atoms with Crippen molar-refractivity contribution in [2.24, 2.45) is 5.73 Å². The van der Waals surface area contributed by atoms with Gasteiger partial charge in [-0.15, -0.1) is 0 Å². The lowest BCUT2D eigenvalue weighted by Crippen LogP contribution is -2.25. The van der Waals surface area contributed by atoms with E-state index in [1.165, 1.54) is 6.07 Å². The van der Waals surface area contributed by atoms with Crippen LogP contribution in [0, 0.1) is 17.0 Å². The van der Waals surface area contributed by atoms with Crippen molar-refractivity contribution < 1.29 is 4.92 Å². The number of halogens is 1. The fourth-order valence-corrected chi connectivity index (χ4v) is 1.75. The number of anilines is 1. The Labute approximate surface area is 98.9 Å². The standard InChI is InChI=1S/C10H14ClN3O2/c1-7-5-10(14(15)16)8(11)6-9(7)13(2)4-3-12/h5-6H,3-4,12H2,1-2H3. The van der Waals surface area contributed by atoms with Gasteiger partial charge in [0.25, 0.3) is 5.69 Å². The molecule has 0 spiro atoms. The van der Waals surface area contributed by atoms with E-state index in [4.69, 9.17) is 17.3 Å². The van der Waals surface area contributed by atoms with Crippen LogP contribution in [0.25, 0.3) is 0 Å². The number of rotatable bonds is 4. The largest absolute Gasteiger partial charge is 0.373 e. The number of likely N-dealkylation sites (N-methyl/N-ethyl adjacent to an activating group) is 1. The fourth-order valence-electron chi connectivity index (χ4n) is 1.52. The zero-order chi connectivity index (χ0) is 12.3. The first-order valence-electron chi connectivity index (χ1n) is 4.83. The minimum Gasteiger partial charge on any atom is -0.373 e. The Kier molecular flexibility index (Phi) is 4.09. The minimum atomic E-state index is -0.484. The molecule has 0 aliphatic heterocycles. The van der Waals surface area contributed by atoms with Gasteiger partial charge in [-0.2, -0.15) is 0 Å². The molecule has 2 N–H and O–H groups in total. The molecule has 0 unspecified atom stereocenters. The highest BCUT2D eigenvalue weighted by atomic mass is 35.5. The average Bonchev–Trinajstić information content (AvgIpc) is 2.20. The second-order valence-corrected chi connectivity index (χ2v) is 3.96. The number of aryl methyl sites for hydroxylation is 1. The SMILES string of the molecule is Cc1cc([N+](=O)[O-])c(Cl)cc1N(C)CCN. The molecule has 16 heavy (non-hydrogen) atoms. The van der Waals surface area contributed by atoms with E-state index >= 15 is 0 Å². The summed E-state index contributed by atoms with van der Waals surface area (Å²) in [5.41, 5.74) is 7.06. The molecule has 0 heterocycles. The average molecular weight is 244 g/mol. The van der Waals surface area contributed by atoms with Crippen molar-refractivity contribution in [3.8, 4) is 0 Å². The van der Waals surface area contributed by atoms with Crippen molar-refractivity contribution in [2.45, 2.75) is 6.92 Å². The van der Waals surface area contributed by atoms with Crippen LogP contribution in [0.5, 0.6) is 0 Å². The van der Waals surface area contributed by atoms with Crippen molar-refractivity contribution in [1.82, 2.24) is 0 Å². The van der Waals surface area contributed by atoms with Gasteiger partial charge in [-0.25, -0.2) is 0 Å². The van der Waals surface area contributed by atoms with Gasteiger partial charge < -0.3 is 10.6 Å². The summed E-state index contributed by atoms with van der Waals surface area (Å²) in [6.45, 7) is 3.01. The van der Waals surface area contributed by atoms with Crippen molar-refractivity contribution >= 4 is 23.0 Å². The van der Waals surface area contributed by atoms with Crippen LogP contribution in [0.4, 0.5) is 11.4 Å². The summed E-state index contributed by atoms with van der Waals surface area (Å²) in [5.74, 6) is 0. The molecule has 0 saturated carbocycles. The Balaban J connectivity index is 3.15. The molecule has 1 aromatic carbocycles. The molecule has 0 aromatic heterocycles. The quantitative estimate of drug-likeness (QED) is 0.648. The number of hydrogen-bond acceptors (Lipinski definition) is 4. The third-order valence-electron chi connectivity index (χ3n) is 2.34. The lowest BCUT2D eigenvalue weighted by molar-refractivity contribution is -0.384. The van der Waals surface area contributed by atoms with Crippen LogP contribution >= 0.6 is 11.6 Å². The third kappa shape index (κ3) is 2.62. The molecule has 6 heteroatoms. The summed E-state index contributed by atoms with van der Waals surface area (Å²) in [6, 6.07) is 3.08. The van der Waals surface area contributed by atoms with Gasteiger partial charge in [-0.05, 0) is 18.6 Å². The van der Waals surface area contributed by atoms with Crippen LogP contribution in [-0.2, 0) is 0 Å². The highest BCUT2D eigenvalue weighted by Crippen LogP contribution is 2.31. The monoisotopic (exact) mass is 243 g/mol. The topological polar surface area (TPSA) is 72.4 Å². The summed E-state index contributed by atoms with van der Waals surface area (Å²) in [4.78, 5) is 12.1. The number of nitrogens with two attached hydrogens (primary N) is 1. The molecule has 88 valence electrons. The third-order valence-corrected chi connectivity index (χ3v) is 2.64. The van der Waals surface area contributed by atoms with Crippen LogP contribution in [0.3, 0.4) is 0 Å². The molecule has 0 bridgehead atoms. The molecule has 1 rings (SSSR count). The van der Waals surface area contributed by atoms with E-state index in [0.717, 1.165) is 11.3 Å². The van der Waals surface area contributed by atoms with Crippen molar-refractivity contribution in [2.75, 3.05) is 25.0 Å². The van der Waals surface area contributed by atoms with Gasteiger partial charge in [0.1, 0.15) is 5.02 Å². The molecule has 0 aliphatic rings. The zero-order valence-corrected chi connectivity index (χ0v) is 9.99. The number of hydrogen-bond donors (Lipinski definition) is 1. The van der Waals surface area contributed by atoms with Crippen molar-refractivity contribution in [3.63, 3.8) is 0 Å². The maximum atomic E-state index is 10.7. The van der Waals surface area contributed by atoms with Gasteiger partial charge in [0.2, 0.25) is 0 Å². The first-order valence-corrected chi connectivity index (χ1v) is 5.21. The minimum absolute atomic E-state index is 0.0657. The van der Waals surface area contributed by atoms with Gasteiger partial charge in [-0.3, -0.25) is 10.1 Å². The highest BCUT2D eigenvalue weighted by molar-refractivity contribution is 6.33. The number of benzene rings is 1. The molecule has 0 aliphatic carbocycles. The predicted molar refractivity (Wildman–Crippen MR) is 65.2 cm³/mol. The van der Waals surface area contributed by atoms with Gasteiger partial charge in [-0.1, -0.05) is 11.6 Å². The lowest BCUT2D eigenvalue weighted by atomic mass is 10.1. The Morgan fingerprint density at radius 3 is 2.69 bits per heavy atom. The molecular weight excluding hydrogens is 230 g/mol. The second kappa shape index (κ2) is 5.14. The highest BCUT2D eigenvalue weighted by Gasteiger charge is 2.16. The summed E-state index contributed by atoms with van der Waals surface area (Å²) >= 11 is 5.84. The van der Waals surface area contributed by atoms with Gasteiger partial charge >= 0.3 is 0 Å². The smallest absolute Gasteiger partial charge is 0.288 e. The van der Waals surface area contributed by atoms with Crippen molar-refractivity contribution in [3.05, 3.63) is 32.8 Å². The van der Waals surface area contributed by atoms with Crippen LogP contribution in [0.2, 0.25) is 5.02 Å². The van der Waals surface area contributed by atoms with Crippen LogP contribution in [0.15, 0.2) is 12.1 Å². The Morgan fingerprint density at radius 1 is 1.56 bits per heavy atom. The van der Waals surface area contributed by atoms with Crippen LogP contribution < -0.4 is 10.6 Å². The number of nitro benzene ring substituents is 1. The molecule has 1 aromatic rings. The molecule has 0 saturated heterocycles. The molecular formula is C10H14ClN3O2. The molecule has 0 atom stereocenters. The summed E-state index contributed by atoms with van der Waals surface area (Å²) < 4.78 is 0. The summed E-state index contributed by atoms with van der Waals surface area (Å²) in [7, 11) is 1.87. The number of nitrogens with zero attached hydrogens (tertiary/aromatic N) is 2. The van der Waals surface area contributed by atoms with Crippen LogP contribution in [0.1, 0.15) is 5.56 Å². The van der Waals surface area contributed by atoms with Crippen molar-refractivity contribution in [1.29, 1.82) is 0 Å². The van der Waals surface area contributed by atoms with E-state index in [1.807, 2.05) is 18.9 Å². The van der Waals surface area contributed by atoms with E-state index in [1.54, 1.807) is 6.07 Å². The Morgan fingerprint density at radius 2 is 2.19 bits per heavy atom. The summed E-state index contributed by atoms with van der Waals surface area (Å²) in [5, 5.41) is 10.8.